The number of aromatic nitrogens is 1. The lowest BCUT2D eigenvalue weighted by atomic mass is 9.97. The first-order chi connectivity index (χ1) is 15.5. The smallest absolute Gasteiger partial charge is 0.291 e. The molecule has 9 heteroatoms. The first-order valence-electron chi connectivity index (χ1n) is 10.3. The third-order valence-electron chi connectivity index (χ3n) is 5.28. The van der Waals surface area contributed by atoms with E-state index >= 15 is 0 Å². The van der Waals surface area contributed by atoms with Crippen LogP contribution in [0.25, 0.3) is 0 Å². The van der Waals surface area contributed by atoms with E-state index in [1.54, 1.807) is 54.7 Å². The lowest BCUT2D eigenvalue weighted by Crippen LogP contribution is -2.41. The first-order valence-corrected chi connectivity index (χ1v) is 10.3. The number of amides is 3. The molecular weight excluding hydrogens is 410 g/mol. The molecule has 164 valence electrons. The summed E-state index contributed by atoms with van der Waals surface area (Å²) in [5, 5.41) is 5.49. The van der Waals surface area contributed by atoms with Gasteiger partial charge in [-0.1, -0.05) is 6.07 Å². The van der Waals surface area contributed by atoms with Gasteiger partial charge >= 0.3 is 0 Å². The lowest BCUT2D eigenvalue weighted by molar-refractivity contribution is -0.122. The third kappa shape index (κ3) is 4.94. The SMILES string of the molecule is NC(=O)C1CCCN(c2ccc(NC(=O)c3cccc(NC(=O)c4ccco4)c3)cn2)C1. The van der Waals surface area contributed by atoms with Gasteiger partial charge in [-0.05, 0) is 55.3 Å². The van der Waals surface area contributed by atoms with Crippen molar-refractivity contribution in [2.45, 2.75) is 12.8 Å². The molecule has 3 aromatic rings. The van der Waals surface area contributed by atoms with E-state index in [1.165, 1.54) is 6.26 Å². The second-order valence-electron chi connectivity index (χ2n) is 7.56. The van der Waals surface area contributed by atoms with Crippen LogP contribution in [0.1, 0.15) is 33.8 Å². The van der Waals surface area contributed by atoms with Crippen LogP contribution in [0.2, 0.25) is 0 Å². The fraction of sp³-hybridized carbons (Fsp3) is 0.217. The van der Waals surface area contributed by atoms with Crippen LogP contribution in [0.4, 0.5) is 17.2 Å². The maximum absolute atomic E-state index is 12.7. The molecule has 1 fully saturated rings. The van der Waals surface area contributed by atoms with Gasteiger partial charge in [0.05, 0.1) is 24.1 Å². The number of primary amides is 1. The second-order valence-corrected chi connectivity index (χ2v) is 7.56. The number of hydrogen-bond acceptors (Lipinski definition) is 6. The van der Waals surface area contributed by atoms with Gasteiger partial charge in [0.1, 0.15) is 5.82 Å². The Morgan fingerprint density at radius 2 is 1.88 bits per heavy atom. The zero-order valence-corrected chi connectivity index (χ0v) is 17.3. The molecule has 4 N–H and O–H groups in total. The average molecular weight is 433 g/mol. The van der Waals surface area contributed by atoms with E-state index in [1.807, 2.05) is 4.90 Å². The monoisotopic (exact) mass is 433 g/mol. The normalized spacial score (nSPS) is 15.8. The summed E-state index contributed by atoms with van der Waals surface area (Å²) in [6.07, 6.45) is 4.66. The van der Waals surface area contributed by atoms with Crippen molar-refractivity contribution >= 4 is 34.9 Å². The molecule has 1 atom stereocenters. The van der Waals surface area contributed by atoms with Crippen LogP contribution in [0.3, 0.4) is 0 Å². The molecule has 0 spiro atoms. The van der Waals surface area contributed by atoms with Crippen molar-refractivity contribution in [3.05, 3.63) is 72.3 Å². The number of carbonyl (C=O) groups is 3. The highest BCUT2D eigenvalue weighted by Gasteiger charge is 2.24. The molecule has 0 radical (unpaired) electrons. The summed E-state index contributed by atoms with van der Waals surface area (Å²) >= 11 is 0. The largest absolute Gasteiger partial charge is 0.459 e. The molecule has 1 aliphatic heterocycles. The van der Waals surface area contributed by atoms with Crippen molar-refractivity contribution < 1.29 is 18.8 Å². The van der Waals surface area contributed by atoms with E-state index in [9.17, 15) is 14.4 Å². The summed E-state index contributed by atoms with van der Waals surface area (Å²) in [7, 11) is 0. The van der Waals surface area contributed by atoms with Gasteiger partial charge in [0.15, 0.2) is 5.76 Å². The molecule has 0 saturated carbocycles. The minimum Gasteiger partial charge on any atom is -0.459 e. The summed E-state index contributed by atoms with van der Waals surface area (Å²) in [5.74, 6) is -0.283. The molecule has 2 aromatic heterocycles. The molecule has 1 unspecified atom stereocenters. The third-order valence-corrected chi connectivity index (χ3v) is 5.28. The van der Waals surface area contributed by atoms with Gasteiger partial charge in [0.2, 0.25) is 5.91 Å². The number of nitrogens with two attached hydrogens (primary N) is 1. The highest BCUT2D eigenvalue weighted by molar-refractivity contribution is 6.06. The molecule has 1 aliphatic rings. The van der Waals surface area contributed by atoms with Gasteiger partial charge in [-0.3, -0.25) is 14.4 Å². The number of hydrogen-bond donors (Lipinski definition) is 3. The van der Waals surface area contributed by atoms with Gasteiger partial charge in [-0.2, -0.15) is 0 Å². The Kier molecular flexibility index (Phi) is 6.16. The van der Waals surface area contributed by atoms with E-state index in [0.29, 0.717) is 23.5 Å². The number of nitrogens with zero attached hydrogens (tertiary/aromatic N) is 2. The topological polar surface area (TPSA) is 131 Å². The molecule has 0 bridgehead atoms. The van der Waals surface area contributed by atoms with Crippen LogP contribution >= 0.6 is 0 Å². The summed E-state index contributed by atoms with van der Waals surface area (Å²) in [4.78, 5) is 42.7. The standard InChI is InChI=1S/C23H23N5O4/c24-21(29)16-5-2-10-28(14-16)20-9-8-18(13-25-20)27-22(30)15-4-1-6-17(12-15)26-23(31)19-7-3-11-32-19/h1,3-4,6-9,11-13,16H,2,5,10,14H2,(H2,24,29)(H,26,31)(H,27,30). The first kappa shape index (κ1) is 21.1. The van der Waals surface area contributed by atoms with Crippen molar-refractivity contribution in [3.8, 4) is 0 Å². The minimum absolute atomic E-state index is 0.175. The Bertz CT molecular complexity index is 1110. The predicted octanol–water partition coefficient (Wildman–Crippen LogP) is 2.88. The molecule has 1 aromatic carbocycles. The summed E-state index contributed by atoms with van der Waals surface area (Å²) < 4.78 is 5.07. The fourth-order valence-corrected chi connectivity index (χ4v) is 3.61. The second kappa shape index (κ2) is 9.34. The number of rotatable bonds is 6. The molecule has 9 nitrogen and oxygen atoms in total. The summed E-state index contributed by atoms with van der Waals surface area (Å²) in [5.41, 5.74) is 6.83. The van der Waals surface area contributed by atoms with Gasteiger partial charge in [-0.15, -0.1) is 0 Å². The molecule has 1 saturated heterocycles. The maximum Gasteiger partial charge on any atom is 0.291 e. The zero-order valence-electron chi connectivity index (χ0n) is 17.3. The van der Waals surface area contributed by atoms with Crippen molar-refractivity contribution in [1.82, 2.24) is 4.98 Å². The van der Waals surface area contributed by atoms with E-state index in [-0.39, 0.29) is 23.5 Å². The van der Waals surface area contributed by atoms with E-state index in [4.69, 9.17) is 10.2 Å². The number of anilines is 3. The quantitative estimate of drug-likeness (QED) is 0.548. The lowest BCUT2D eigenvalue weighted by Gasteiger charge is -2.32. The van der Waals surface area contributed by atoms with Crippen LogP contribution in [0, 0.1) is 5.92 Å². The van der Waals surface area contributed by atoms with Gasteiger partial charge < -0.3 is 25.7 Å². The van der Waals surface area contributed by atoms with E-state index < -0.39 is 5.91 Å². The predicted molar refractivity (Wildman–Crippen MR) is 119 cm³/mol. The molecule has 0 aliphatic carbocycles. The van der Waals surface area contributed by atoms with Crippen LogP contribution in [0.15, 0.2) is 65.4 Å². The van der Waals surface area contributed by atoms with Gasteiger partial charge in [0, 0.05) is 24.3 Å². The van der Waals surface area contributed by atoms with Crippen molar-refractivity contribution in [3.63, 3.8) is 0 Å². The van der Waals surface area contributed by atoms with Gasteiger partial charge in [-0.25, -0.2) is 4.98 Å². The molecule has 4 rings (SSSR count). The highest BCUT2D eigenvalue weighted by atomic mass is 16.3. The molecular formula is C23H23N5O4. The molecule has 32 heavy (non-hydrogen) atoms. The van der Waals surface area contributed by atoms with Gasteiger partial charge in [0.25, 0.3) is 11.8 Å². The Hall–Kier alpha value is -4.14. The number of pyridine rings is 1. The van der Waals surface area contributed by atoms with Crippen molar-refractivity contribution in [2.75, 3.05) is 28.6 Å². The fourth-order valence-electron chi connectivity index (χ4n) is 3.61. The number of benzene rings is 1. The number of piperidine rings is 1. The number of carbonyl (C=O) groups excluding carboxylic acids is 3. The van der Waals surface area contributed by atoms with Crippen LogP contribution in [0.5, 0.6) is 0 Å². The Morgan fingerprint density at radius 3 is 2.59 bits per heavy atom. The zero-order chi connectivity index (χ0) is 22.5. The van der Waals surface area contributed by atoms with Crippen LogP contribution in [-0.2, 0) is 4.79 Å². The summed E-state index contributed by atoms with van der Waals surface area (Å²) in [6, 6.07) is 13.3. The summed E-state index contributed by atoms with van der Waals surface area (Å²) in [6.45, 7) is 1.35. The maximum atomic E-state index is 12.7. The van der Waals surface area contributed by atoms with Crippen LogP contribution in [-0.4, -0.2) is 35.8 Å². The average Bonchev–Trinajstić information content (AvgIpc) is 3.35. The van der Waals surface area contributed by atoms with E-state index in [0.717, 1.165) is 25.2 Å². The number of nitrogens with one attached hydrogen (secondary N) is 2. The van der Waals surface area contributed by atoms with Crippen LogP contribution < -0.4 is 21.3 Å². The molecule has 3 amide bonds. The Balaban J connectivity index is 1.38. The molecule has 3 heterocycles. The van der Waals surface area contributed by atoms with E-state index in [2.05, 4.69) is 15.6 Å². The highest BCUT2D eigenvalue weighted by Crippen LogP contribution is 2.23. The minimum atomic E-state index is -0.399. The Morgan fingerprint density at radius 1 is 1.03 bits per heavy atom. The van der Waals surface area contributed by atoms with Crippen molar-refractivity contribution in [1.29, 1.82) is 0 Å². The van der Waals surface area contributed by atoms with Crippen molar-refractivity contribution in [2.24, 2.45) is 11.7 Å². The Labute approximate surface area is 184 Å². The number of furan rings is 1.